The predicted octanol–water partition coefficient (Wildman–Crippen LogP) is 23.3. The first-order chi connectivity index (χ1) is 65.2. The van der Waals surface area contributed by atoms with Crippen molar-refractivity contribution in [2.45, 2.75) is 66.7 Å². The summed E-state index contributed by atoms with van der Waals surface area (Å²) in [4.78, 5) is 64.5. The summed E-state index contributed by atoms with van der Waals surface area (Å²) in [6.45, 7) is 4.74. The molecule has 6 N–H and O–H groups in total. The average molecular weight is 1820 g/mol. The van der Waals surface area contributed by atoms with Gasteiger partial charge in [-0.25, -0.2) is 18.3 Å². The fourth-order valence-electron chi connectivity index (χ4n) is 14.4. The van der Waals surface area contributed by atoms with E-state index >= 15 is 0 Å². The molecule has 0 aliphatic rings. The van der Waals surface area contributed by atoms with E-state index in [1.165, 1.54) is 0 Å². The maximum atomic E-state index is 13.4. The van der Waals surface area contributed by atoms with Crippen LogP contribution >= 0.6 is 0 Å². The van der Waals surface area contributed by atoms with E-state index in [2.05, 4.69) is 131 Å². The molecule has 14 rings (SSSR count). The molecule has 0 saturated carbocycles. The number of hydrogen-bond donors (Lipinski definition) is 6. The highest BCUT2D eigenvalue weighted by molar-refractivity contribution is 5.99. The summed E-state index contributed by atoms with van der Waals surface area (Å²) < 4.78 is 8.11. The van der Waals surface area contributed by atoms with E-state index in [1.54, 1.807) is 96.3 Å². The molecule has 28 heteroatoms. The number of aromatic nitrogens is 4. The second-order valence-corrected chi connectivity index (χ2v) is 32.5. The van der Waals surface area contributed by atoms with Crippen LogP contribution in [-0.2, 0) is 26.2 Å². The van der Waals surface area contributed by atoms with Gasteiger partial charge in [-0.05, 0) is 287 Å². The number of amides is 4. The second-order valence-electron chi connectivity index (χ2n) is 32.5. The first-order valence-electron chi connectivity index (χ1n) is 44.7. The van der Waals surface area contributed by atoms with Gasteiger partial charge in [-0.15, -0.1) is 0 Å². The molecule has 136 heavy (non-hydrogen) atoms. The maximum absolute atomic E-state index is 13.4. The van der Waals surface area contributed by atoms with Gasteiger partial charge in [0.25, 0.3) is 23.6 Å². The summed E-state index contributed by atoms with van der Waals surface area (Å²) in [6.07, 6.45) is 10.7. The molecule has 4 heterocycles. The SMILES string of the molecule is C.C.CN(CCC[n+]1ccccc1N=Nc1ccc(Nc2ccc(N(C)C)cc2)cc1)C(=O)c1ccc(C(=O)N(C)CCC[n+]2ccccc2N=Nc2ccc(Nc3ccc(N(C)C)cc3)cc2)cc1.CNc1ccc(Nc2ccc(N=Nc3cccc[n+]3CCCN(C)C(=O)c3ccc(C(=O)N(C)CCC[n+]4ccccc4N=Nc4ccc(Nc5ccc(NC)cc5)cc4)cc3)cc2)cc1. The van der Waals surface area contributed by atoms with Crippen LogP contribution in [-0.4, -0.2) is 140 Å². The van der Waals surface area contributed by atoms with Crippen molar-refractivity contribution in [3.63, 3.8) is 0 Å². The standard InChI is InChI=1S/C54H58N12O2.C52H54N12O2.2CH4/c1-61(2)49-31-27-45(28-32-49)55-43-19-23-47(24-20-43)57-59-51-13-7-9-37-65(51)39-11-35-63(5)53(67)41-15-17-42(18-16-41)54(68)64(6)36-12-40-66-38-10-8-14-52(66)60-58-48-25-21-44(22-26-48)56-46-29-33-50(34-30-46)62(3)4;1-53-41-17-21-43(22-18-41)55-45-25-29-47(30-26-45)57-59-49-11-5-7-35-63(49)37-9-33-61(3)51(65)39-13-15-40(16-14-39)52(66)62(4)34-10-38-64-36-8-6-12-50(64)60-58-48-31-27-46(28-32-48)56-44-23-19-42(54-2)20-24-44;;/h7-10,13-34,37-38H,11-12,35-36,39-40H2,1-6H3;5-8,11-32,35-36H,9-10,33-34,37-38H2,1-4H3,(H2,53,54,57,58);2*1H4/p+4. The molecule has 14 aromatic rings. The second kappa shape index (κ2) is 50.8. The Kier molecular flexibility index (Phi) is 37.3. The fourth-order valence-corrected chi connectivity index (χ4v) is 14.4. The van der Waals surface area contributed by atoms with Gasteiger partial charge in [-0.1, -0.05) is 39.1 Å². The van der Waals surface area contributed by atoms with Crippen LogP contribution in [0.2, 0.25) is 0 Å². The predicted molar refractivity (Wildman–Crippen MR) is 548 cm³/mol. The Bertz CT molecular complexity index is 5900. The van der Waals surface area contributed by atoms with Crippen molar-refractivity contribution < 1.29 is 37.4 Å². The number of nitrogens with zero attached hydrogens (tertiary/aromatic N) is 18. The number of rotatable bonds is 40. The first kappa shape index (κ1) is 100. The van der Waals surface area contributed by atoms with Gasteiger partial charge >= 0.3 is 23.3 Å². The van der Waals surface area contributed by atoms with Crippen molar-refractivity contribution in [2.75, 3.05) is 138 Å². The highest BCUT2D eigenvalue weighted by atomic mass is 16.2. The van der Waals surface area contributed by atoms with Gasteiger partial charge in [0, 0.05) is 237 Å². The molecule has 10 aromatic carbocycles. The highest BCUT2D eigenvalue weighted by Gasteiger charge is 2.22. The summed E-state index contributed by atoms with van der Waals surface area (Å²) in [5, 5.41) is 55.9. The molecule has 0 fully saturated rings. The Morgan fingerprint density at radius 2 is 0.419 bits per heavy atom. The number of azo groups is 4. The molecule has 4 amide bonds. The van der Waals surface area contributed by atoms with E-state index in [0.29, 0.717) is 112 Å². The lowest BCUT2D eigenvalue weighted by Crippen LogP contribution is -2.36. The number of benzene rings is 10. The summed E-state index contributed by atoms with van der Waals surface area (Å²) in [5.41, 5.74) is 17.3. The molecule has 0 atom stereocenters. The van der Waals surface area contributed by atoms with E-state index in [4.69, 9.17) is 0 Å². The summed E-state index contributed by atoms with van der Waals surface area (Å²) in [6, 6.07) is 101. The Morgan fingerprint density at radius 3 is 0.610 bits per heavy atom. The van der Waals surface area contributed by atoms with Crippen molar-refractivity contribution in [2.24, 2.45) is 40.9 Å². The Labute approximate surface area is 798 Å². The van der Waals surface area contributed by atoms with Crippen LogP contribution in [0, 0.1) is 0 Å². The van der Waals surface area contributed by atoms with Gasteiger partial charge in [0.15, 0.2) is 0 Å². The number of hydrogen-bond acceptors (Lipinski definition) is 20. The lowest BCUT2D eigenvalue weighted by molar-refractivity contribution is -0.684. The Balaban J connectivity index is 0.000000258. The lowest BCUT2D eigenvalue weighted by atomic mass is 10.1. The van der Waals surface area contributed by atoms with Gasteiger partial charge in [0.1, 0.15) is 22.7 Å². The molecule has 0 radical (unpaired) electrons. The molecule has 696 valence electrons. The minimum atomic E-state index is -0.110. The smallest absolute Gasteiger partial charge is 0.350 e. The molecule has 0 aliphatic carbocycles. The molecule has 0 saturated heterocycles. The summed E-state index contributed by atoms with van der Waals surface area (Å²) in [7, 11) is 19.1. The van der Waals surface area contributed by atoms with Crippen molar-refractivity contribution >= 4 is 138 Å². The van der Waals surface area contributed by atoms with Crippen LogP contribution in [0.5, 0.6) is 0 Å². The fraction of sp³-hybridized carbons (Fsp3) is 0.222. The molecule has 4 aromatic heterocycles. The van der Waals surface area contributed by atoms with E-state index < -0.39 is 0 Å². The van der Waals surface area contributed by atoms with Crippen LogP contribution < -0.4 is 60.0 Å². The normalized spacial score (nSPS) is 11.0. The molecular weight excluding hydrogens is 1700 g/mol. The maximum Gasteiger partial charge on any atom is 0.350 e. The van der Waals surface area contributed by atoms with Crippen molar-refractivity contribution in [1.82, 2.24) is 19.6 Å². The van der Waals surface area contributed by atoms with Gasteiger partial charge in [-0.2, -0.15) is 0 Å². The highest BCUT2D eigenvalue weighted by Crippen LogP contribution is 2.30. The third-order valence-corrected chi connectivity index (χ3v) is 22.2. The van der Waals surface area contributed by atoms with E-state index in [0.717, 1.165) is 103 Å². The van der Waals surface area contributed by atoms with Gasteiger partial charge in [0.2, 0.25) is 0 Å². The van der Waals surface area contributed by atoms with Crippen molar-refractivity contribution in [3.8, 4) is 0 Å². The quantitative estimate of drug-likeness (QED) is 0.0155. The van der Waals surface area contributed by atoms with Crippen LogP contribution in [0.1, 0.15) is 82.0 Å². The van der Waals surface area contributed by atoms with Gasteiger partial charge in [-0.3, -0.25) is 19.2 Å². The molecular formula is C108H124N24O4+4. The summed E-state index contributed by atoms with van der Waals surface area (Å²) >= 11 is 0. The lowest BCUT2D eigenvalue weighted by Gasteiger charge is -2.18. The summed E-state index contributed by atoms with van der Waals surface area (Å²) in [5.74, 6) is 2.43. The minimum Gasteiger partial charge on any atom is -0.388 e. The number of carbonyl (C=O) groups excluding carboxylic acids is 4. The number of carbonyl (C=O) groups is 4. The number of anilines is 12. The largest absolute Gasteiger partial charge is 0.388 e. The van der Waals surface area contributed by atoms with Crippen LogP contribution in [0.25, 0.3) is 0 Å². The third kappa shape index (κ3) is 29.7. The zero-order valence-electron chi connectivity index (χ0n) is 77.5. The number of pyridine rings is 4. The molecule has 0 aliphatic heterocycles. The topological polar surface area (TPSA) is 274 Å². The van der Waals surface area contributed by atoms with Crippen LogP contribution in [0.15, 0.2) is 381 Å². The first-order valence-corrected chi connectivity index (χ1v) is 44.7. The third-order valence-electron chi connectivity index (χ3n) is 22.2. The molecule has 28 nitrogen and oxygen atoms in total. The van der Waals surface area contributed by atoms with Gasteiger partial charge < -0.3 is 61.3 Å². The zero-order chi connectivity index (χ0) is 93.9. The minimum absolute atomic E-state index is 0. The monoisotopic (exact) mass is 1820 g/mol. The van der Waals surface area contributed by atoms with E-state index in [9.17, 15) is 19.2 Å². The number of nitrogens with one attached hydrogen (secondary N) is 6. The molecule has 0 unspecified atom stereocenters. The zero-order valence-corrected chi connectivity index (χ0v) is 77.5. The van der Waals surface area contributed by atoms with Crippen molar-refractivity contribution in [3.05, 3.63) is 362 Å². The number of aryl methyl sites for hydroxylation is 4. The van der Waals surface area contributed by atoms with Crippen molar-refractivity contribution in [1.29, 1.82) is 0 Å². The average Bonchev–Trinajstić information content (AvgIpc) is 0.840. The molecule has 0 spiro atoms. The van der Waals surface area contributed by atoms with E-state index in [-0.39, 0.29) is 38.5 Å². The van der Waals surface area contributed by atoms with E-state index in [1.807, 2.05) is 304 Å². The Hall–Kier alpha value is -16.5. The van der Waals surface area contributed by atoms with Crippen LogP contribution in [0.4, 0.5) is 114 Å². The van der Waals surface area contributed by atoms with Gasteiger partial charge in [0.05, 0.1) is 71.4 Å². The Morgan fingerprint density at radius 1 is 0.235 bits per heavy atom. The molecule has 0 bridgehead atoms. The van der Waals surface area contributed by atoms with Crippen LogP contribution in [0.3, 0.4) is 0 Å².